The largest absolute Gasteiger partial charge is 0.423 e. The van der Waals surface area contributed by atoms with Crippen LogP contribution in [0.25, 0.3) is 17.3 Å². The van der Waals surface area contributed by atoms with Gasteiger partial charge < -0.3 is 4.42 Å². The van der Waals surface area contributed by atoms with Crippen molar-refractivity contribution in [1.29, 1.82) is 0 Å². The molecule has 0 radical (unpaired) electrons. The highest BCUT2D eigenvalue weighted by Gasteiger charge is 2.06. The predicted octanol–water partition coefficient (Wildman–Crippen LogP) is 3.13. The summed E-state index contributed by atoms with van der Waals surface area (Å²) in [6, 6.07) is 14.4. The summed E-state index contributed by atoms with van der Waals surface area (Å²) in [4.78, 5) is 4.23. The van der Waals surface area contributed by atoms with Gasteiger partial charge in [-0.15, -0.1) is 0 Å². The molecule has 0 aliphatic heterocycles. The maximum absolute atomic E-state index is 5.67. The fourth-order valence-corrected chi connectivity index (χ4v) is 1.58. The summed E-state index contributed by atoms with van der Waals surface area (Å²) in [5, 5.41) is 0. The first-order valence-electron chi connectivity index (χ1n) is 5.08. The van der Waals surface area contributed by atoms with Crippen molar-refractivity contribution in [2.24, 2.45) is 0 Å². The molecule has 0 fully saturated rings. The minimum absolute atomic E-state index is 0.587. The lowest BCUT2D eigenvalue weighted by Crippen LogP contribution is -1.87. The van der Waals surface area contributed by atoms with E-state index in [4.69, 9.17) is 4.42 Å². The minimum atomic E-state index is 0.587. The molecule has 0 bridgehead atoms. The third-order valence-electron chi connectivity index (χ3n) is 2.38. The zero-order chi connectivity index (χ0) is 10.8. The molecule has 3 rings (SSSR count). The van der Waals surface area contributed by atoms with Gasteiger partial charge in [-0.25, -0.2) is 4.98 Å². The van der Waals surface area contributed by atoms with Gasteiger partial charge in [0, 0.05) is 18.0 Å². The third kappa shape index (κ3) is 1.52. The molecular weight excluding hydrogens is 200 g/mol. The number of hydrogen-bond donors (Lipinski definition) is 0. The van der Waals surface area contributed by atoms with E-state index in [1.165, 1.54) is 0 Å². The van der Waals surface area contributed by atoms with Gasteiger partial charge in [0.2, 0.25) is 0 Å². The molecule has 0 saturated carbocycles. The van der Waals surface area contributed by atoms with Crippen molar-refractivity contribution in [1.82, 2.24) is 9.55 Å². The van der Waals surface area contributed by atoms with Gasteiger partial charge in [0.15, 0.2) is 5.76 Å². The van der Waals surface area contributed by atoms with Gasteiger partial charge in [-0.05, 0) is 12.1 Å². The molecule has 1 aromatic carbocycles. The molecule has 2 heterocycles. The maximum atomic E-state index is 5.67. The number of nitrogens with zero attached hydrogens (tertiary/aromatic N) is 2. The number of benzene rings is 1. The van der Waals surface area contributed by atoms with Crippen LogP contribution in [0.4, 0.5) is 0 Å². The zero-order valence-electron chi connectivity index (χ0n) is 8.58. The summed E-state index contributed by atoms with van der Waals surface area (Å²) in [7, 11) is 0. The molecule has 2 aromatic heterocycles. The highest BCUT2D eigenvalue weighted by Crippen LogP contribution is 2.21. The van der Waals surface area contributed by atoms with Gasteiger partial charge in [0.05, 0.1) is 6.20 Å². The molecule has 16 heavy (non-hydrogen) atoms. The molecule has 3 aromatic rings. The Labute approximate surface area is 93.0 Å². The van der Waals surface area contributed by atoms with Crippen LogP contribution in [0.2, 0.25) is 0 Å². The first kappa shape index (κ1) is 8.97. The van der Waals surface area contributed by atoms with E-state index in [2.05, 4.69) is 4.98 Å². The Morgan fingerprint density at radius 3 is 2.44 bits per heavy atom. The molecule has 0 aliphatic carbocycles. The van der Waals surface area contributed by atoms with Crippen LogP contribution in [0.3, 0.4) is 0 Å². The van der Waals surface area contributed by atoms with Crippen molar-refractivity contribution in [2.45, 2.75) is 0 Å². The summed E-state index contributed by atoms with van der Waals surface area (Å²) in [6.07, 6.45) is 5.55. The van der Waals surface area contributed by atoms with E-state index in [0.717, 1.165) is 11.3 Å². The first-order valence-corrected chi connectivity index (χ1v) is 5.08. The first-order chi connectivity index (χ1) is 7.93. The Balaban J connectivity index is 2.00. The Morgan fingerprint density at radius 1 is 0.938 bits per heavy atom. The fraction of sp³-hybridized carbons (Fsp3) is 0. The van der Waals surface area contributed by atoms with Crippen molar-refractivity contribution in [3.8, 4) is 17.3 Å². The molecule has 0 spiro atoms. The van der Waals surface area contributed by atoms with Crippen LogP contribution in [-0.4, -0.2) is 9.55 Å². The molecule has 0 saturated heterocycles. The third-order valence-corrected chi connectivity index (χ3v) is 2.38. The molecule has 3 nitrogen and oxygen atoms in total. The smallest absolute Gasteiger partial charge is 0.306 e. The zero-order valence-corrected chi connectivity index (χ0v) is 8.58. The minimum Gasteiger partial charge on any atom is -0.423 e. The average Bonchev–Trinajstić information content (AvgIpc) is 3.01. The van der Waals surface area contributed by atoms with Gasteiger partial charge in [-0.1, -0.05) is 30.3 Å². The van der Waals surface area contributed by atoms with Crippen molar-refractivity contribution in [3.63, 3.8) is 0 Å². The molecule has 0 amide bonds. The van der Waals surface area contributed by atoms with Crippen LogP contribution in [0.15, 0.2) is 65.5 Å². The lowest BCUT2D eigenvalue weighted by molar-refractivity contribution is 0.540. The summed E-state index contributed by atoms with van der Waals surface area (Å²) < 4.78 is 7.51. The van der Waals surface area contributed by atoms with Crippen LogP contribution in [0.5, 0.6) is 0 Å². The lowest BCUT2D eigenvalue weighted by Gasteiger charge is -1.95. The van der Waals surface area contributed by atoms with Crippen LogP contribution in [-0.2, 0) is 0 Å². The van der Waals surface area contributed by atoms with Gasteiger partial charge in [-0.2, -0.15) is 0 Å². The average molecular weight is 210 g/mol. The SMILES string of the molecule is c1ccc(-c2cnc(-n3cccc3)o2)cc1. The van der Waals surface area contributed by atoms with Crippen LogP contribution in [0, 0.1) is 0 Å². The molecule has 0 N–H and O–H groups in total. The standard InChI is InChI=1S/C13H10N2O/c1-2-6-11(7-3-1)12-10-14-13(16-12)15-8-4-5-9-15/h1-10H. The number of rotatable bonds is 2. The number of aromatic nitrogens is 2. The Morgan fingerprint density at radius 2 is 1.69 bits per heavy atom. The van der Waals surface area contributed by atoms with Crippen molar-refractivity contribution in [2.75, 3.05) is 0 Å². The summed E-state index contributed by atoms with van der Waals surface area (Å²) in [5.41, 5.74) is 1.04. The normalized spacial score (nSPS) is 10.5. The summed E-state index contributed by atoms with van der Waals surface area (Å²) in [6.45, 7) is 0. The van der Waals surface area contributed by atoms with Crippen LogP contribution in [0.1, 0.15) is 0 Å². The fourth-order valence-electron chi connectivity index (χ4n) is 1.58. The molecule has 0 unspecified atom stereocenters. The van der Waals surface area contributed by atoms with E-state index in [1.54, 1.807) is 6.20 Å². The van der Waals surface area contributed by atoms with E-state index < -0.39 is 0 Å². The second-order valence-corrected chi connectivity index (χ2v) is 3.46. The van der Waals surface area contributed by atoms with Gasteiger partial charge in [0.1, 0.15) is 0 Å². The van der Waals surface area contributed by atoms with E-state index in [0.29, 0.717) is 6.01 Å². The van der Waals surface area contributed by atoms with E-state index in [9.17, 15) is 0 Å². The van der Waals surface area contributed by atoms with E-state index >= 15 is 0 Å². The van der Waals surface area contributed by atoms with E-state index in [-0.39, 0.29) is 0 Å². The maximum Gasteiger partial charge on any atom is 0.306 e. The second kappa shape index (κ2) is 3.70. The molecule has 3 heteroatoms. The van der Waals surface area contributed by atoms with Crippen molar-refractivity contribution >= 4 is 0 Å². The Kier molecular flexibility index (Phi) is 2.07. The molecular formula is C13H10N2O. The van der Waals surface area contributed by atoms with Gasteiger partial charge >= 0.3 is 6.01 Å². The summed E-state index contributed by atoms with van der Waals surface area (Å²) >= 11 is 0. The van der Waals surface area contributed by atoms with Crippen molar-refractivity contribution < 1.29 is 4.42 Å². The van der Waals surface area contributed by atoms with Crippen LogP contribution < -0.4 is 0 Å². The highest BCUT2D eigenvalue weighted by molar-refractivity contribution is 5.56. The predicted molar refractivity (Wildman–Crippen MR) is 61.3 cm³/mol. The molecule has 0 atom stereocenters. The van der Waals surface area contributed by atoms with Gasteiger partial charge in [-0.3, -0.25) is 4.57 Å². The Bertz CT molecular complexity index is 567. The highest BCUT2D eigenvalue weighted by atomic mass is 16.4. The Hall–Kier alpha value is -2.29. The van der Waals surface area contributed by atoms with Crippen molar-refractivity contribution in [3.05, 3.63) is 61.1 Å². The van der Waals surface area contributed by atoms with Crippen LogP contribution >= 0.6 is 0 Å². The second-order valence-electron chi connectivity index (χ2n) is 3.46. The summed E-state index contributed by atoms with van der Waals surface area (Å²) in [5.74, 6) is 0.782. The van der Waals surface area contributed by atoms with Gasteiger partial charge in [0.25, 0.3) is 0 Å². The quantitative estimate of drug-likeness (QED) is 0.650. The molecule has 78 valence electrons. The lowest BCUT2D eigenvalue weighted by atomic mass is 10.2. The van der Waals surface area contributed by atoms with E-state index in [1.807, 2.05) is 59.4 Å². The molecule has 0 aliphatic rings. The topological polar surface area (TPSA) is 31.0 Å². The number of hydrogen-bond acceptors (Lipinski definition) is 2. The monoisotopic (exact) mass is 210 g/mol. The number of oxazole rings is 1.